The van der Waals surface area contributed by atoms with Gasteiger partial charge in [0.25, 0.3) is 0 Å². The third-order valence-electron chi connectivity index (χ3n) is 12.3. The van der Waals surface area contributed by atoms with Crippen LogP contribution >= 0.6 is 0 Å². The van der Waals surface area contributed by atoms with Gasteiger partial charge >= 0.3 is 17.9 Å². The fourth-order valence-corrected chi connectivity index (χ4v) is 8.01. The molecule has 6 heteroatoms. The second kappa shape index (κ2) is 57.9. The summed E-state index contributed by atoms with van der Waals surface area (Å²) in [5, 5.41) is 0. The van der Waals surface area contributed by atoms with Gasteiger partial charge in [0, 0.05) is 19.3 Å². The van der Waals surface area contributed by atoms with E-state index < -0.39 is 6.10 Å². The van der Waals surface area contributed by atoms with Gasteiger partial charge in [-0.15, -0.1) is 0 Å². The van der Waals surface area contributed by atoms with Crippen LogP contribution in [0.15, 0.2) is 97.2 Å². The lowest BCUT2D eigenvalue weighted by molar-refractivity contribution is -0.167. The fraction of sp³-hybridized carbons (Fsp3) is 0.703. The lowest BCUT2D eigenvalue weighted by Crippen LogP contribution is -2.30. The van der Waals surface area contributed by atoms with Gasteiger partial charge in [0.15, 0.2) is 6.10 Å². The Morgan fingerprint density at radius 2 is 0.557 bits per heavy atom. The quantitative estimate of drug-likeness (QED) is 0.0262. The number of allylic oxidation sites excluding steroid dienone is 16. The summed E-state index contributed by atoms with van der Waals surface area (Å²) in [6.07, 6.45) is 76.8. The Labute approximate surface area is 432 Å². The summed E-state index contributed by atoms with van der Waals surface area (Å²) < 4.78 is 16.9. The van der Waals surface area contributed by atoms with E-state index in [2.05, 4.69) is 118 Å². The highest BCUT2D eigenvalue weighted by Crippen LogP contribution is 2.16. The molecule has 0 unspecified atom stereocenters. The lowest BCUT2D eigenvalue weighted by Gasteiger charge is -2.18. The fourth-order valence-electron chi connectivity index (χ4n) is 8.01. The van der Waals surface area contributed by atoms with Crippen LogP contribution < -0.4 is 0 Å². The van der Waals surface area contributed by atoms with Crippen molar-refractivity contribution >= 4 is 17.9 Å². The highest BCUT2D eigenvalue weighted by atomic mass is 16.6. The van der Waals surface area contributed by atoms with E-state index in [1.807, 2.05) is 0 Å². The number of esters is 3. The van der Waals surface area contributed by atoms with Crippen molar-refractivity contribution in [1.29, 1.82) is 0 Å². The van der Waals surface area contributed by atoms with Crippen molar-refractivity contribution in [2.75, 3.05) is 13.2 Å². The molecule has 0 N–H and O–H groups in total. The standard InChI is InChI=1S/C64H108O6/c1-4-7-10-13-16-19-22-25-28-30-32-34-36-39-42-45-48-51-54-57-63(66)69-60-61(59-68-62(65)56-53-50-47-44-41-38-35-27-24-21-18-15-12-9-6-3)70-64(67)58-55-52-49-46-43-40-37-33-31-29-26-23-20-17-14-11-8-5-2/h7,9-10,12,16,18-19,21,25,27-28,32,34-35,39,42,61H,4-6,8,11,13-15,17,20,22-24,26,29-31,33,36-38,40-41,43-60H2,1-3H3/b10-7+,12-9+,19-16+,21-18+,28-25+,34-32+,35-27+,42-39+/t61-/m1/s1. The third-order valence-corrected chi connectivity index (χ3v) is 12.3. The van der Waals surface area contributed by atoms with Crippen LogP contribution in [-0.2, 0) is 28.6 Å². The van der Waals surface area contributed by atoms with Crippen molar-refractivity contribution < 1.29 is 28.6 Å². The average molecular weight is 974 g/mol. The summed E-state index contributed by atoms with van der Waals surface area (Å²) in [4.78, 5) is 38.2. The Morgan fingerprint density at radius 3 is 0.886 bits per heavy atom. The molecule has 6 nitrogen and oxygen atoms in total. The number of rotatable bonds is 52. The zero-order valence-corrected chi connectivity index (χ0v) is 45.8. The molecule has 0 aliphatic carbocycles. The highest BCUT2D eigenvalue weighted by molar-refractivity contribution is 5.71. The molecule has 70 heavy (non-hydrogen) atoms. The predicted molar refractivity (Wildman–Crippen MR) is 302 cm³/mol. The molecule has 0 radical (unpaired) electrons. The number of unbranched alkanes of at least 4 members (excludes halogenated alkanes) is 25. The van der Waals surface area contributed by atoms with E-state index in [4.69, 9.17) is 14.2 Å². The molecule has 0 saturated heterocycles. The zero-order valence-electron chi connectivity index (χ0n) is 45.8. The van der Waals surface area contributed by atoms with E-state index in [1.54, 1.807) is 0 Å². The summed E-state index contributed by atoms with van der Waals surface area (Å²) >= 11 is 0. The first kappa shape index (κ1) is 66.3. The van der Waals surface area contributed by atoms with Gasteiger partial charge in [0.2, 0.25) is 0 Å². The Bertz CT molecular complexity index is 1400. The summed E-state index contributed by atoms with van der Waals surface area (Å²) in [6.45, 7) is 6.39. The van der Waals surface area contributed by atoms with E-state index in [9.17, 15) is 14.4 Å². The van der Waals surface area contributed by atoms with E-state index in [0.717, 1.165) is 135 Å². The Kier molecular flexibility index (Phi) is 54.9. The van der Waals surface area contributed by atoms with Gasteiger partial charge in [0.05, 0.1) is 0 Å². The molecule has 0 aromatic rings. The van der Waals surface area contributed by atoms with Gasteiger partial charge in [0.1, 0.15) is 13.2 Å². The normalized spacial score (nSPS) is 12.8. The van der Waals surface area contributed by atoms with Crippen LogP contribution in [0, 0.1) is 0 Å². The average Bonchev–Trinajstić information content (AvgIpc) is 3.36. The van der Waals surface area contributed by atoms with Gasteiger partial charge in [-0.05, 0) is 96.3 Å². The van der Waals surface area contributed by atoms with Crippen LogP contribution in [0.2, 0.25) is 0 Å². The molecule has 0 aliphatic heterocycles. The van der Waals surface area contributed by atoms with Crippen LogP contribution in [0.3, 0.4) is 0 Å². The van der Waals surface area contributed by atoms with Crippen molar-refractivity contribution in [3.05, 3.63) is 97.2 Å². The number of carbonyl (C=O) groups excluding carboxylic acids is 3. The minimum atomic E-state index is -0.798. The van der Waals surface area contributed by atoms with Crippen LogP contribution in [0.25, 0.3) is 0 Å². The van der Waals surface area contributed by atoms with Crippen LogP contribution in [0.4, 0.5) is 0 Å². The van der Waals surface area contributed by atoms with Crippen molar-refractivity contribution in [1.82, 2.24) is 0 Å². The van der Waals surface area contributed by atoms with Gasteiger partial charge < -0.3 is 14.2 Å². The molecule has 0 amide bonds. The molecule has 0 spiro atoms. The number of carbonyl (C=O) groups is 3. The molecule has 0 saturated carbocycles. The van der Waals surface area contributed by atoms with E-state index in [-0.39, 0.29) is 31.1 Å². The highest BCUT2D eigenvalue weighted by Gasteiger charge is 2.19. The Hall–Kier alpha value is -3.67. The molecule has 0 heterocycles. The molecule has 0 rings (SSSR count). The minimum Gasteiger partial charge on any atom is -0.462 e. The smallest absolute Gasteiger partial charge is 0.306 e. The monoisotopic (exact) mass is 973 g/mol. The topological polar surface area (TPSA) is 78.9 Å². The molecule has 1 atom stereocenters. The molecule has 0 aliphatic rings. The maximum atomic E-state index is 12.9. The number of ether oxygens (including phenoxy) is 3. The molecule has 0 aromatic carbocycles. The van der Waals surface area contributed by atoms with Crippen molar-refractivity contribution in [3.8, 4) is 0 Å². The minimum absolute atomic E-state index is 0.0960. The zero-order chi connectivity index (χ0) is 50.7. The number of hydrogen-bond donors (Lipinski definition) is 0. The summed E-state index contributed by atoms with van der Waals surface area (Å²) in [6, 6.07) is 0. The molecule has 0 fully saturated rings. The molecule has 0 aromatic heterocycles. The van der Waals surface area contributed by atoms with Crippen molar-refractivity contribution in [2.45, 2.75) is 277 Å². The van der Waals surface area contributed by atoms with Gasteiger partial charge in [-0.2, -0.15) is 0 Å². The molecule has 0 bridgehead atoms. The first-order valence-electron chi connectivity index (χ1n) is 29.2. The predicted octanol–water partition coefficient (Wildman–Crippen LogP) is 19.7. The van der Waals surface area contributed by atoms with Crippen molar-refractivity contribution in [2.24, 2.45) is 0 Å². The first-order chi connectivity index (χ1) is 34.5. The van der Waals surface area contributed by atoms with Crippen LogP contribution in [0.1, 0.15) is 271 Å². The molecule has 400 valence electrons. The van der Waals surface area contributed by atoms with Gasteiger partial charge in [-0.25, -0.2) is 0 Å². The maximum Gasteiger partial charge on any atom is 0.306 e. The van der Waals surface area contributed by atoms with Gasteiger partial charge in [-0.1, -0.05) is 253 Å². The maximum absolute atomic E-state index is 12.9. The summed E-state index contributed by atoms with van der Waals surface area (Å²) in [7, 11) is 0. The van der Waals surface area contributed by atoms with Crippen LogP contribution in [0.5, 0.6) is 0 Å². The second-order valence-corrected chi connectivity index (χ2v) is 19.1. The van der Waals surface area contributed by atoms with E-state index >= 15 is 0 Å². The van der Waals surface area contributed by atoms with E-state index in [1.165, 1.54) is 96.3 Å². The summed E-state index contributed by atoms with van der Waals surface area (Å²) in [5.74, 6) is -0.937. The number of hydrogen-bond acceptors (Lipinski definition) is 6. The van der Waals surface area contributed by atoms with Crippen LogP contribution in [-0.4, -0.2) is 37.2 Å². The molecular weight excluding hydrogens is 865 g/mol. The first-order valence-corrected chi connectivity index (χ1v) is 29.2. The lowest BCUT2D eigenvalue weighted by atomic mass is 10.0. The van der Waals surface area contributed by atoms with Gasteiger partial charge in [-0.3, -0.25) is 14.4 Å². The van der Waals surface area contributed by atoms with E-state index in [0.29, 0.717) is 19.3 Å². The Morgan fingerprint density at radius 1 is 0.300 bits per heavy atom. The summed E-state index contributed by atoms with van der Waals surface area (Å²) in [5.41, 5.74) is 0. The molecular formula is C64H108O6. The second-order valence-electron chi connectivity index (χ2n) is 19.1. The third kappa shape index (κ3) is 55.3. The Balaban J connectivity index is 4.45. The van der Waals surface area contributed by atoms with Crippen molar-refractivity contribution in [3.63, 3.8) is 0 Å². The SMILES string of the molecule is CC/C=C/C/C=C/C/C=C/C/C=C/C/C=C/CCCCCC(=O)OC[C@@H](COC(=O)CCCCCCC/C=C/C/C=C/C/C=C/CC)OC(=O)CCCCCCCCCCCCCCCCCCCC. The largest absolute Gasteiger partial charge is 0.462 e.